The summed E-state index contributed by atoms with van der Waals surface area (Å²) < 4.78 is 1.73. The zero-order chi connectivity index (χ0) is 15.9. The second kappa shape index (κ2) is 7.79. The Morgan fingerprint density at radius 2 is 2.09 bits per heavy atom. The first-order chi connectivity index (χ1) is 10.6. The molecule has 6 nitrogen and oxygen atoms in total. The molecule has 0 atom stereocenters. The number of aryl methyl sites for hydroxylation is 1. The van der Waals surface area contributed by atoms with Crippen molar-refractivity contribution < 1.29 is 0 Å². The smallest absolute Gasteiger partial charge is 0.194 e. The van der Waals surface area contributed by atoms with E-state index in [1.54, 1.807) is 4.68 Å². The quantitative estimate of drug-likeness (QED) is 0.677. The van der Waals surface area contributed by atoms with Crippen LogP contribution in [0.25, 0.3) is 0 Å². The number of nitrogens with one attached hydrogen (secondary N) is 1. The molecular weight excluding hydrogens is 300 g/mol. The van der Waals surface area contributed by atoms with Crippen LogP contribution >= 0.6 is 11.6 Å². The average molecular weight is 321 g/mol. The third kappa shape index (κ3) is 4.46. The van der Waals surface area contributed by atoms with Crippen LogP contribution in [0.1, 0.15) is 18.3 Å². The summed E-state index contributed by atoms with van der Waals surface area (Å²) in [5.74, 6) is 1.66. The second-order valence-electron chi connectivity index (χ2n) is 4.95. The molecule has 1 aromatic heterocycles. The molecule has 22 heavy (non-hydrogen) atoms. The minimum atomic E-state index is 0.490. The van der Waals surface area contributed by atoms with Crippen molar-refractivity contribution in [3.63, 3.8) is 0 Å². The van der Waals surface area contributed by atoms with Crippen LogP contribution in [0, 0.1) is 0 Å². The molecule has 0 saturated carbocycles. The number of rotatable bonds is 5. The van der Waals surface area contributed by atoms with Crippen molar-refractivity contribution in [1.29, 1.82) is 0 Å². The van der Waals surface area contributed by atoms with E-state index in [-0.39, 0.29) is 0 Å². The SMILES string of the molecule is CCNC(=NCc1ncnn1C)N(C)Cc1ccc(Cl)cc1. The van der Waals surface area contributed by atoms with E-state index in [1.807, 2.05) is 45.3 Å². The second-order valence-corrected chi connectivity index (χ2v) is 5.39. The predicted molar refractivity (Wildman–Crippen MR) is 88.7 cm³/mol. The molecule has 0 amide bonds. The van der Waals surface area contributed by atoms with E-state index in [2.05, 4.69) is 25.3 Å². The van der Waals surface area contributed by atoms with Gasteiger partial charge in [0.15, 0.2) is 5.96 Å². The number of hydrogen-bond donors (Lipinski definition) is 1. The van der Waals surface area contributed by atoms with Gasteiger partial charge >= 0.3 is 0 Å². The third-order valence-corrected chi connectivity index (χ3v) is 3.46. The number of benzene rings is 1. The molecule has 0 aliphatic rings. The van der Waals surface area contributed by atoms with Crippen LogP contribution in [0.15, 0.2) is 35.6 Å². The third-order valence-electron chi connectivity index (χ3n) is 3.20. The zero-order valence-corrected chi connectivity index (χ0v) is 13.9. The van der Waals surface area contributed by atoms with E-state index >= 15 is 0 Å². The summed E-state index contributed by atoms with van der Waals surface area (Å²) in [6, 6.07) is 7.83. The van der Waals surface area contributed by atoms with Crippen LogP contribution in [0.4, 0.5) is 0 Å². The number of nitrogens with zero attached hydrogens (tertiary/aromatic N) is 5. The summed E-state index contributed by atoms with van der Waals surface area (Å²) in [7, 11) is 3.87. The fraction of sp³-hybridized carbons (Fsp3) is 0.400. The van der Waals surface area contributed by atoms with Gasteiger partial charge in [-0.3, -0.25) is 4.68 Å². The van der Waals surface area contributed by atoms with E-state index in [1.165, 1.54) is 11.9 Å². The van der Waals surface area contributed by atoms with E-state index in [0.29, 0.717) is 6.54 Å². The lowest BCUT2D eigenvalue weighted by Crippen LogP contribution is -2.38. The molecule has 118 valence electrons. The van der Waals surface area contributed by atoms with Crippen LogP contribution in [0.3, 0.4) is 0 Å². The van der Waals surface area contributed by atoms with Crippen LogP contribution in [-0.4, -0.2) is 39.2 Å². The number of aromatic nitrogens is 3. The lowest BCUT2D eigenvalue weighted by molar-refractivity contribution is 0.476. The van der Waals surface area contributed by atoms with Gasteiger partial charge < -0.3 is 10.2 Å². The van der Waals surface area contributed by atoms with Crippen molar-refractivity contribution in [2.24, 2.45) is 12.0 Å². The summed E-state index contributed by atoms with van der Waals surface area (Å²) >= 11 is 5.92. The molecule has 0 spiro atoms. The lowest BCUT2D eigenvalue weighted by Gasteiger charge is -2.22. The summed E-state index contributed by atoms with van der Waals surface area (Å²) in [5, 5.41) is 8.08. The largest absolute Gasteiger partial charge is 0.357 e. The highest BCUT2D eigenvalue weighted by Gasteiger charge is 2.07. The van der Waals surface area contributed by atoms with Crippen LogP contribution in [-0.2, 0) is 20.1 Å². The van der Waals surface area contributed by atoms with Crippen molar-refractivity contribution in [1.82, 2.24) is 25.0 Å². The van der Waals surface area contributed by atoms with Crippen LogP contribution in [0.5, 0.6) is 0 Å². The number of guanidine groups is 1. The maximum absolute atomic E-state index is 5.92. The van der Waals surface area contributed by atoms with Gasteiger partial charge in [0, 0.05) is 32.2 Å². The average Bonchev–Trinajstić information content (AvgIpc) is 2.91. The lowest BCUT2D eigenvalue weighted by atomic mass is 10.2. The topological polar surface area (TPSA) is 58.3 Å². The molecule has 1 N–H and O–H groups in total. The normalized spacial score (nSPS) is 11.5. The van der Waals surface area contributed by atoms with E-state index in [9.17, 15) is 0 Å². The Hall–Kier alpha value is -2.08. The van der Waals surface area contributed by atoms with Crippen LogP contribution in [0.2, 0.25) is 5.02 Å². The van der Waals surface area contributed by atoms with Gasteiger partial charge in [0.05, 0.1) is 0 Å². The fourth-order valence-corrected chi connectivity index (χ4v) is 2.14. The van der Waals surface area contributed by atoms with Gasteiger partial charge in [0.1, 0.15) is 18.7 Å². The highest BCUT2D eigenvalue weighted by atomic mass is 35.5. The number of aliphatic imine (C=N–C) groups is 1. The minimum absolute atomic E-state index is 0.490. The number of hydrogen-bond acceptors (Lipinski definition) is 3. The molecule has 0 bridgehead atoms. The first-order valence-corrected chi connectivity index (χ1v) is 7.54. The first-order valence-electron chi connectivity index (χ1n) is 7.17. The Labute approximate surface area is 135 Å². The van der Waals surface area contributed by atoms with Gasteiger partial charge in [0.2, 0.25) is 0 Å². The Balaban J connectivity index is 2.05. The molecule has 2 aromatic rings. The van der Waals surface area contributed by atoms with E-state index in [0.717, 1.165) is 29.9 Å². The Kier molecular flexibility index (Phi) is 5.77. The molecule has 1 aromatic carbocycles. The molecular formula is C15H21ClN6. The summed E-state index contributed by atoms with van der Waals surface area (Å²) in [4.78, 5) is 10.9. The van der Waals surface area contributed by atoms with Gasteiger partial charge in [0.25, 0.3) is 0 Å². The molecule has 0 unspecified atom stereocenters. The molecule has 2 rings (SSSR count). The number of halogens is 1. The van der Waals surface area contributed by atoms with Crippen molar-refractivity contribution in [3.05, 3.63) is 47.0 Å². The maximum Gasteiger partial charge on any atom is 0.194 e. The molecule has 0 aliphatic heterocycles. The standard InChI is InChI=1S/C15H21ClN6/c1-4-17-15(18-9-14-19-11-20-22(14)3)21(2)10-12-5-7-13(16)8-6-12/h5-8,11H,4,9-10H2,1-3H3,(H,17,18). The van der Waals surface area contributed by atoms with Crippen molar-refractivity contribution in [2.75, 3.05) is 13.6 Å². The fourth-order valence-electron chi connectivity index (χ4n) is 2.02. The molecule has 0 saturated heterocycles. The molecule has 0 aliphatic carbocycles. The van der Waals surface area contributed by atoms with E-state index < -0.39 is 0 Å². The molecule has 0 radical (unpaired) electrons. The van der Waals surface area contributed by atoms with Gasteiger partial charge in [-0.1, -0.05) is 23.7 Å². The summed E-state index contributed by atoms with van der Waals surface area (Å²) in [6.45, 7) is 4.10. The zero-order valence-electron chi connectivity index (χ0n) is 13.1. The Morgan fingerprint density at radius 1 is 1.36 bits per heavy atom. The van der Waals surface area contributed by atoms with Gasteiger partial charge in [-0.05, 0) is 24.6 Å². The molecule has 7 heteroatoms. The predicted octanol–water partition coefficient (Wildman–Crippen LogP) is 2.07. The maximum atomic E-state index is 5.92. The Bertz CT molecular complexity index is 619. The monoisotopic (exact) mass is 320 g/mol. The van der Waals surface area contributed by atoms with Crippen molar-refractivity contribution in [2.45, 2.75) is 20.0 Å². The van der Waals surface area contributed by atoms with Crippen molar-refractivity contribution in [3.8, 4) is 0 Å². The van der Waals surface area contributed by atoms with Gasteiger partial charge in [-0.25, -0.2) is 9.98 Å². The van der Waals surface area contributed by atoms with E-state index in [4.69, 9.17) is 11.6 Å². The Morgan fingerprint density at radius 3 is 2.68 bits per heavy atom. The van der Waals surface area contributed by atoms with Gasteiger partial charge in [-0.15, -0.1) is 0 Å². The minimum Gasteiger partial charge on any atom is -0.357 e. The summed E-state index contributed by atoms with van der Waals surface area (Å²) in [6.07, 6.45) is 1.54. The van der Waals surface area contributed by atoms with Gasteiger partial charge in [-0.2, -0.15) is 5.10 Å². The summed E-state index contributed by atoms with van der Waals surface area (Å²) in [5.41, 5.74) is 1.18. The molecule has 1 heterocycles. The highest BCUT2D eigenvalue weighted by molar-refractivity contribution is 6.30. The molecule has 0 fully saturated rings. The first kappa shape index (κ1) is 16.3. The highest BCUT2D eigenvalue weighted by Crippen LogP contribution is 2.11. The van der Waals surface area contributed by atoms with Crippen LogP contribution < -0.4 is 5.32 Å². The van der Waals surface area contributed by atoms with Crippen molar-refractivity contribution >= 4 is 17.6 Å².